The van der Waals surface area contributed by atoms with E-state index in [1.165, 1.54) is 12.1 Å². The molecule has 1 aromatic heterocycles. The molecule has 0 amide bonds. The minimum Gasteiger partial charge on any atom is -0.478 e. The van der Waals surface area contributed by atoms with Crippen molar-refractivity contribution in [2.45, 2.75) is 13.0 Å². The fourth-order valence-electron chi connectivity index (χ4n) is 2.01. The van der Waals surface area contributed by atoms with Gasteiger partial charge in [-0.15, -0.1) is 0 Å². The molecular formula is C15H14Cl2N2O2. The molecule has 1 aromatic carbocycles. The molecule has 1 unspecified atom stereocenters. The molecule has 0 aliphatic rings. The van der Waals surface area contributed by atoms with Crippen LogP contribution in [0.25, 0.3) is 0 Å². The fourth-order valence-corrected chi connectivity index (χ4v) is 2.28. The molecule has 0 fully saturated rings. The highest BCUT2D eigenvalue weighted by atomic mass is 35.5. The summed E-state index contributed by atoms with van der Waals surface area (Å²) in [6.07, 6.45) is 0. The number of carbonyl (C=O) groups is 1. The lowest BCUT2D eigenvalue weighted by molar-refractivity contribution is 0.0697. The molecule has 2 aromatic rings. The fraction of sp³-hybridized carbons (Fsp3) is 0.200. The highest BCUT2D eigenvalue weighted by Gasteiger charge is 2.20. The number of carboxylic acid groups (broad SMARTS) is 1. The Morgan fingerprint density at radius 1 is 1.19 bits per heavy atom. The van der Waals surface area contributed by atoms with Crippen LogP contribution < -0.4 is 4.90 Å². The number of aromatic nitrogens is 1. The SMILES string of the molecule is CC(c1ccc(Cl)cc1)N(C)c1nc(Cl)ccc1C(=O)O. The quantitative estimate of drug-likeness (QED) is 0.852. The summed E-state index contributed by atoms with van der Waals surface area (Å²) in [5, 5.41) is 10.2. The van der Waals surface area contributed by atoms with E-state index in [4.69, 9.17) is 23.2 Å². The number of rotatable bonds is 4. The summed E-state index contributed by atoms with van der Waals surface area (Å²) >= 11 is 11.8. The van der Waals surface area contributed by atoms with Crippen LogP contribution in [0.4, 0.5) is 5.82 Å². The van der Waals surface area contributed by atoms with Crippen LogP contribution in [-0.2, 0) is 0 Å². The lowest BCUT2D eigenvalue weighted by Gasteiger charge is -2.27. The highest BCUT2D eigenvalue weighted by Crippen LogP contribution is 2.28. The predicted octanol–water partition coefficient (Wildman–Crippen LogP) is 4.28. The minimum absolute atomic E-state index is 0.0775. The lowest BCUT2D eigenvalue weighted by Crippen LogP contribution is -2.25. The second kappa shape index (κ2) is 6.33. The maximum atomic E-state index is 11.3. The Balaban J connectivity index is 2.39. The van der Waals surface area contributed by atoms with Crippen LogP contribution in [0.15, 0.2) is 36.4 Å². The van der Waals surface area contributed by atoms with Gasteiger partial charge in [-0.05, 0) is 36.8 Å². The van der Waals surface area contributed by atoms with Gasteiger partial charge in [-0.3, -0.25) is 0 Å². The standard InChI is InChI=1S/C15H14Cl2N2O2/c1-9(10-3-5-11(16)6-4-10)19(2)14-12(15(20)21)7-8-13(17)18-14/h3-9H,1-2H3,(H,20,21). The number of benzene rings is 1. The van der Waals surface area contributed by atoms with E-state index in [1.807, 2.05) is 19.1 Å². The molecule has 4 nitrogen and oxygen atoms in total. The normalized spacial score (nSPS) is 12.0. The topological polar surface area (TPSA) is 53.4 Å². The van der Waals surface area contributed by atoms with Gasteiger partial charge in [-0.25, -0.2) is 9.78 Å². The Bertz CT molecular complexity index is 659. The summed E-state index contributed by atoms with van der Waals surface area (Å²) in [6, 6.07) is 10.2. The van der Waals surface area contributed by atoms with E-state index in [0.717, 1.165) is 5.56 Å². The summed E-state index contributed by atoms with van der Waals surface area (Å²) in [4.78, 5) is 17.2. The van der Waals surface area contributed by atoms with Gasteiger partial charge >= 0.3 is 5.97 Å². The van der Waals surface area contributed by atoms with Gasteiger partial charge in [0, 0.05) is 12.1 Å². The minimum atomic E-state index is -1.04. The number of halogens is 2. The molecule has 0 saturated carbocycles. The molecule has 6 heteroatoms. The van der Waals surface area contributed by atoms with Gasteiger partial charge in [-0.1, -0.05) is 35.3 Å². The van der Waals surface area contributed by atoms with Crippen molar-refractivity contribution in [3.8, 4) is 0 Å². The van der Waals surface area contributed by atoms with Gasteiger partial charge in [0.1, 0.15) is 16.5 Å². The lowest BCUT2D eigenvalue weighted by atomic mass is 10.1. The zero-order chi connectivity index (χ0) is 15.6. The molecule has 1 atom stereocenters. The van der Waals surface area contributed by atoms with Gasteiger partial charge in [0.25, 0.3) is 0 Å². The third-order valence-electron chi connectivity index (χ3n) is 3.34. The zero-order valence-corrected chi connectivity index (χ0v) is 13.1. The summed E-state index contributed by atoms with van der Waals surface area (Å²) in [7, 11) is 1.78. The Morgan fingerprint density at radius 3 is 2.38 bits per heavy atom. The molecule has 110 valence electrons. The van der Waals surface area contributed by atoms with Gasteiger partial charge in [0.05, 0.1) is 6.04 Å². The third-order valence-corrected chi connectivity index (χ3v) is 3.80. The summed E-state index contributed by atoms with van der Waals surface area (Å²) < 4.78 is 0. The van der Waals surface area contributed by atoms with Crippen LogP contribution in [0.2, 0.25) is 10.2 Å². The number of anilines is 1. The average Bonchev–Trinajstić information content (AvgIpc) is 2.46. The summed E-state index contributed by atoms with van der Waals surface area (Å²) in [6.45, 7) is 1.96. The smallest absolute Gasteiger partial charge is 0.339 e. The molecule has 2 rings (SSSR count). The van der Waals surface area contributed by atoms with Crippen molar-refractivity contribution in [3.05, 3.63) is 57.7 Å². The van der Waals surface area contributed by atoms with Crippen LogP contribution in [0.1, 0.15) is 28.9 Å². The third kappa shape index (κ3) is 3.46. The molecule has 0 aliphatic carbocycles. The van der Waals surface area contributed by atoms with Crippen molar-refractivity contribution in [3.63, 3.8) is 0 Å². The maximum Gasteiger partial charge on any atom is 0.339 e. The van der Waals surface area contributed by atoms with Crippen LogP contribution in [0.3, 0.4) is 0 Å². The van der Waals surface area contributed by atoms with E-state index in [1.54, 1.807) is 24.1 Å². The number of aromatic carboxylic acids is 1. The van der Waals surface area contributed by atoms with Crippen molar-refractivity contribution in [2.75, 3.05) is 11.9 Å². The van der Waals surface area contributed by atoms with Gasteiger partial charge in [0.2, 0.25) is 0 Å². The molecule has 0 bridgehead atoms. The number of hydrogen-bond donors (Lipinski definition) is 1. The second-order valence-corrected chi connectivity index (χ2v) is 5.47. The Labute approximate surface area is 132 Å². The molecule has 1 N–H and O–H groups in total. The first-order valence-corrected chi connectivity index (χ1v) is 7.04. The monoisotopic (exact) mass is 324 g/mol. The molecule has 0 aliphatic heterocycles. The largest absolute Gasteiger partial charge is 0.478 e. The second-order valence-electron chi connectivity index (χ2n) is 4.65. The van der Waals surface area contributed by atoms with E-state index >= 15 is 0 Å². The van der Waals surface area contributed by atoms with Crippen molar-refractivity contribution in [1.29, 1.82) is 0 Å². The van der Waals surface area contributed by atoms with Crippen molar-refractivity contribution >= 4 is 35.0 Å². The van der Waals surface area contributed by atoms with Crippen LogP contribution >= 0.6 is 23.2 Å². The van der Waals surface area contributed by atoms with Crippen LogP contribution in [0.5, 0.6) is 0 Å². The van der Waals surface area contributed by atoms with Gasteiger partial charge < -0.3 is 10.0 Å². The van der Waals surface area contributed by atoms with Crippen molar-refractivity contribution in [2.24, 2.45) is 0 Å². The molecule has 0 spiro atoms. The Kier molecular flexibility index (Phi) is 4.70. The highest BCUT2D eigenvalue weighted by molar-refractivity contribution is 6.30. The molecule has 21 heavy (non-hydrogen) atoms. The number of nitrogens with zero attached hydrogens (tertiary/aromatic N) is 2. The Morgan fingerprint density at radius 2 is 1.81 bits per heavy atom. The average molecular weight is 325 g/mol. The molecular weight excluding hydrogens is 311 g/mol. The first-order chi connectivity index (χ1) is 9.90. The van der Waals surface area contributed by atoms with Crippen molar-refractivity contribution < 1.29 is 9.90 Å². The van der Waals surface area contributed by atoms with E-state index in [0.29, 0.717) is 10.8 Å². The predicted molar refractivity (Wildman–Crippen MR) is 84.5 cm³/mol. The van der Waals surface area contributed by atoms with Crippen molar-refractivity contribution in [1.82, 2.24) is 4.98 Å². The summed E-state index contributed by atoms with van der Waals surface area (Å²) in [5.74, 6) is -0.707. The van der Waals surface area contributed by atoms with Crippen LogP contribution in [-0.4, -0.2) is 23.1 Å². The van der Waals surface area contributed by atoms with E-state index in [9.17, 15) is 9.90 Å². The molecule has 0 saturated heterocycles. The summed E-state index contributed by atoms with van der Waals surface area (Å²) in [5.41, 5.74) is 1.11. The van der Waals surface area contributed by atoms with E-state index in [2.05, 4.69) is 4.98 Å². The maximum absolute atomic E-state index is 11.3. The first kappa shape index (κ1) is 15.6. The van der Waals surface area contributed by atoms with E-state index < -0.39 is 5.97 Å². The Hall–Kier alpha value is -1.78. The number of hydrogen-bond acceptors (Lipinski definition) is 3. The van der Waals surface area contributed by atoms with E-state index in [-0.39, 0.29) is 16.8 Å². The van der Waals surface area contributed by atoms with Crippen LogP contribution in [0, 0.1) is 0 Å². The molecule has 1 heterocycles. The number of carboxylic acids is 1. The van der Waals surface area contributed by atoms with Gasteiger partial charge in [-0.2, -0.15) is 0 Å². The molecule has 0 radical (unpaired) electrons. The van der Waals surface area contributed by atoms with Gasteiger partial charge in [0.15, 0.2) is 0 Å². The first-order valence-electron chi connectivity index (χ1n) is 6.28. The zero-order valence-electron chi connectivity index (χ0n) is 11.5. The number of pyridine rings is 1.